The zero-order chi connectivity index (χ0) is 37.9. The molecule has 288 valence electrons. The lowest BCUT2D eigenvalue weighted by Gasteiger charge is -2.52. The Morgan fingerprint density at radius 1 is 0.491 bits per heavy atom. The van der Waals surface area contributed by atoms with Crippen LogP contribution in [0.1, 0.15) is 27.8 Å². The molecule has 55 heavy (non-hydrogen) atoms. The molecule has 0 aromatic heterocycles. The van der Waals surface area contributed by atoms with Crippen molar-refractivity contribution in [2.24, 2.45) is 5.92 Å². The number of benzene rings is 5. The van der Waals surface area contributed by atoms with Crippen molar-refractivity contribution in [3.63, 3.8) is 0 Å². The summed E-state index contributed by atoms with van der Waals surface area (Å²) >= 11 is 0. The van der Waals surface area contributed by atoms with Gasteiger partial charge in [0.25, 0.3) is 0 Å². The van der Waals surface area contributed by atoms with Crippen LogP contribution in [-0.2, 0) is 70.1 Å². The number of phosphoric ester groups is 1. The standard InChI is InChI=1S/C44H47O10P/c1-46-37-22-18-35(19-23-37)28-49-42-40(48-26-32-12-6-3-7-13-32)39-31-53-55(45,52-30-34-16-10-5-11-17-34)54-41(39)43(44(42)51-27-33-14-8-4-9-15-33)50-29-36-20-24-38(47-2)25-21-36/h3-25,39-44H,26-31H2,1-2H3/t39-,40-,41+,42+,43-,44-,55-/m0/s1. The number of phosphoric acid groups is 1. The molecule has 0 amide bonds. The molecule has 0 N–H and O–H groups in total. The van der Waals surface area contributed by atoms with Crippen LogP contribution in [0.2, 0.25) is 0 Å². The van der Waals surface area contributed by atoms with Crippen LogP contribution in [0.15, 0.2) is 140 Å². The van der Waals surface area contributed by atoms with Gasteiger partial charge in [-0.25, -0.2) is 4.57 Å². The fourth-order valence-electron chi connectivity index (χ4n) is 6.86. The van der Waals surface area contributed by atoms with Crippen LogP contribution >= 0.6 is 7.82 Å². The first-order chi connectivity index (χ1) is 27.0. The molecule has 0 radical (unpaired) electrons. The largest absolute Gasteiger partial charge is 0.497 e. The van der Waals surface area contributed by atoms with Crippen molar-refractivity contribution >= 4 is 7.82 Å². The van der Waals surface area contributed by atoms with E-state index in [1.807, 2.05) is 140 Å². The summed E-state index contributed by atoms with van der Waals surface area (Å²) in [5.74, 6) is 1.02. The molecular weight excluding hydrogens is 719 g/mol. The predicted octanol–water partition coefficient (Wildman–Crippen LogP) is 8.72. The molecule has 0 bridgehead atoms. The molecule has 2 fully saturated rings. The van der Waals surface area contributed by atoms with E-state index in [9.17, 15) is 4.57 Å². The zero-order valence-electron chi connectivity index (χ0n) is 31.0. The van der Waals surface area contributed by atoms with Crippen LogP contribution in [0, 0.1) is 5.92 Å². The van der Waals surface area contributed by atoms with Crippen LogP contribution in [0.3, 0.4) is 0 Å². The molecule has 1 aliphatic heterocycles. The van der Waals surface area contributed by atoms with Gasteiger partial charge in [0.1, 0.15) is 35.9 Å². The maximum Gasteiger partial charge on any atom is 0.475 e. The minimum absolute atomic E-state index is 0.0202. The average Bonchev–Trinajstić information content (AvgIpc) is 3.24. The number of hydrogen-bond donors (Lipinski definition) is 0. The quantitative estimate of drug-likeness (QED) is 0.0855. The third kappa shape index (κ3) is 10.3. The Hall–Kier alpha value is -4.35. The summed E-state index contributed by atoms with van der Waals surface area (Å²) in [6, 6.07) is 44.7. The number of hydrogen-bond acceptors (Lipinski definition) is 10. The molecule has 11 heteroatoms. The summed E-state index contributed by atoms with van der Waals surface area (Å²) in [5.41, 5.74) is 4.65. The van der Waals surface area contributed by atoms with Gasteiger partial charge in [0.15, 0.2) is 0 Å². The summed E-state index contributed by atoms with van der Waals surface area (Å²) in [5, 5.41) is 0. The van der Waals surface area contributed by atoms with Gasteiger partial charge in [0, 0.05) is 5.92 Å². The van der Waals surface area contributed by atoms with Crippen LogP contribution in [0.25, 0.3) is 0 Å². The fraction of sp³-hybridized carbons (Fsp3) is 0.318. The normalized spacial score (nSPS) is 24.8. The summed E-state index contributed by atoms with van der Waals surface area (Å²) in [6.45, 7) is 1.09. The molecule has 1 aliphatic carbocycles. The fourth-order valence-corrected chi connectivity index (χ4v) is 8.30. The Morgan fingerprint density at radius 3 is 1.33 bits per heavy atom. The molecule has 5 aromatic rings. The predicted molar refractivity (Wildman–Crippen MR) is 206 cm³/mol. The van der Waals surface area contributed by atoms with Gasteiger partial charge in [-0.2, -0.15) is 0 Å². The van der Waals surface area contributed by atoms with Crippen molar-refractivity contribution in [3.05, 3.63) is 167 Å². The first-order valence-corrected chi connectivity index (χ1v) is 19.9. The monoisotopic (exact) mass is 766 g/mol. The van der Waals surface area contributed by atoms with E-state index in [0.29, 0.717) is 6.61 Å². The molecule has 7 atom stereocenters. The number of fused-ring (bicyclic) bond motifs is 1. The van der Waals surface area contributed by atoms with Gasteiger partial charge < -0.3 is 28.4 Å². The molecule has 5 aromatic carbocycles. The van der Waals surface area contributed by atoms with E-state index in [0.717, 1.165) is 39.3 Å². The molecule has 10 nitrogen and oxygen atoms in total. The Labute approximate surface area is 322 Å². The third-order valence-corrected chi connectivity index (χ3v) is 11.2. The third-order valence-electron chi connectivity index (χ3n) is 9.82. The van der Waals surface area contributed by atoms with Crippen molar-refractivity contribution in [1.82, 2.24) is 0 Å². The highest BCUT2D eigenvalue weighted by Crippen LogP contribution is 2.58. The van der Waals surface area contributed by atoms with Crippen LogP contribution < -0.4 is 9.47 Å². The van der Waals surface area contributed by atoms with Crippen molar-refractivity contribution in [2.45, 2.75) is 63.6 Å². The number of methoxy groups -OCH3 is 2. The van der Waals surface area contributed by atoms with E-state index in [-0.39, 0.29) is 33.0 Å². The number of rotatable bonds is 17. The molecule has 7 rings (SSSR count). The second-order valence-electron chi connectivity index (χ2n) is 13.5. The topological polar surface area (TPSA) is 100 Å². The van der Waals surface area contributed by atoms with E-state index >= 15 is 0 Å². The molecule has 1 heterocycles. The smallest absolute Gasteiger partial charge is 0.475 e. The number of ether oxygens (including phenoxy) is 6. The molecule has 0 unspecified atom stereocenters. The summed E-state index contributed by atoms with van der Waals surface area (Å²) in [7, 11) is -0.802. The molecule has 2 aliphatic rings. The molecule has 1 saturated heterocycles. The van der Waals surface area contributed by atoms with Gasteiger partial charge >= 0.3 is 7.82 Å². The van der Waals surface area contributed by atoms with Crippen molar-refractivity contribution in [2.75, 3.05) is 20.8 Å². The van der Waals surface area contributed by atoms with E-state index in [1.165, 1.54) is 0 Å². The van der Waals surface area contributed by atoms with Crippen LogP contribution in [0.5, 0.6) is 11.5 Å². The van der Waals surface area contributed by atoms with Gasteiger partial charge in [-0.05, 0) is 52.1 Å². The van der Waals surface area contributed by atoms with Crippen LogP contribution in [-0.4, -0.2) is 51.3 Å². The van der Waals surface area contributed by atoms with E-state index in [1.54, 1.807) is 14.2 Å². The lowest BCUT2D eigenvalue weighted by molar-refractivity contribution is -0.269. The summed E-state index contributed by atoms with van der Waals surface area (Å²) in [4.78, 5) is 0. The lowest BCUT2D eigenvalue weighted by Crippen LogP contribution is -2.66. The first-order valence-electron chi connectivity index (χ1n) is 18.4. The summed E-state index contributed by atoms with van der Waals surface area (Å²) < 4.78 is 70.9. The van der Waals surface area contributed by atoms with E-state index < -0.39 is 44.3 Å². The van der Waals surface area contributed by atoms with Gasteiger partial charge in [-0.3, -0.25) is 13.6 Å². The highest BCUT2D eigenvalue weighted by Gasteiger charge is 2.59. The second kappa shape index (κ2) is 19.0. The minimum atomic E-state index is -4.07. The highest BCUT2D eigenvalue weighted by molar-refractivity contribution is 7.48. The maximum atomic E-state index is 14.3. The lowest BCUT2D eigenvalue weighted by atomic mass is 9.78. The maximum absolute atomic E-state index is 14.3. The van der Waals surface area contributed by atoms with E-state index in [4.69, 9.17) is 42.0 Å². The van der Waals surface area contributed by atoms with Crippen LogP contribution in [0.4, 0.5) is 0 Å². The van der Waals surface area contributed by atoms with Gasteiger partial charge in [-0.1, -0.05) is 115 Å². The zero-order valence-corrected chi connectivity index (χ0v) is 31.9. The first kappa shape index (κ1) is 38.9. The Balaban J connectivity index is 1.24. The Bertz CT molecular complexity index is 1930. The Morgan fingerprint density at radius 2 is 0.873 bits per heavy atom. The highest BCUT2D eigenvalue weighted by atomic mass is 31.2. The van der Waals surface area contributed by atoms with Crippen molar-refractivity contribution in [1.29, 1.82) is 0 Å². The van der Waals surface area contributed by atoms with Crippen molar-refractivity contribution in [3.8, 4) is 11.5 Å². The molecule has 0 spiro atoms. The van der Waals surface area contributed by atoms with Crippen molar-refractivity contribution < 1.29 is 46.6 Å². The molecular formula is C44H47O10P. The van der Waals surface area contributed by atoms with Gasteiger partial charge in [0.2, 0.25) is 0 Å². The molecule has 1 saturated carbocycles. The minimum Gasteiger partial charge on any atom is -0.497 e. The van der Waals surface area contributed by atoms with E-state index in [2.05, 4.69) is 0 Å². The van der Waals surface area contributed by atoms with Gasteiger partial charge in [0.05, 0.1) is 60.0 Å². The van der Waals surface area contributed by atoms with Gasteiger partial charge in [-0.15, -0.1) is 0 Å². The summed E-state index contributed by atoms with van der Waals surface area (Å²) in [6.07, 6.45) is -3.60. The SMILES string of the molecule is COc1ccc(CO[C@@H]2[C@@H](OCc3ccccc3)[C@H](OCc3ccc(OC)cc3)[C@@H](OCc3ccccc3)[C@@H]3CO[P@](=O)(OCc4ccccc4)O[C@H]32)cc1. The second-order valence-corrected chi connectivity index (χ2v) is 15.1. The Kier molecular flexibility index (Phi) is 13.4. The average molecular weight is 767 g/mol.